The van der Waals surface area contributed by atoms with Gasteiger partial charge in [-0.15, -0.1) is 0 Å². The molecule has 0 saturated heterocycles. The lowest BCUT2D eigenvalue weighted by Crippen LogP contribution is -2.21. The summed E-state index contributed by atoms with van der Waals surface area (Å²) in [5.41, 5.74) is 0.345. The van der Waals surface area contributed by atoms with E-state index in [2.05, 4.69) is 31.3 Å². The zero-order chi connectivity index (χ0) is 32.4. The van der Waals surface area contributed by atoms with Gasteiger partial charge in [-0.2, -0.15) is 9.78 Å². The second-order valence-electron chi connectivity index (χ2n) is 9.78. The Hall–Kier alpha value is -5.89. The number of ether oxygens (including phenoxy) is 2. The van der Waals surface area contributed by atoms with Crippen LogP contribution < -0.4 is 20.3 Å². The lowest BCUT2D eigenvalue weighted by Gasteiger charge is -2.12. The number of aromatic nitrogens is 2. The molecule has 0 atom stereocenters. The number of anilines is 1. The molecule has 2 heterocycles. The molecule has 12 nitrogen and oxygen atoms in total. The number of para-hydroxylation sites is 1. The lowest BCUT2D eigenvalue weighted by atomic mass is 10.2. The van der Waals surface area contributed by atoms with Gasteiger partial charge in [0, 0.05) is 27.2 Å². The molecular weight excluding hydrogens is 665 g/mol. The first-order valence-electron chi connectivity index (χ1n) is 13.5. The molecule has 14 heteroatoms. The largest absolute Gasteiger partial charge is 0.493 e. The molecule has 46 heavy (non-hydrogen) atoms. The molecule has 0 spiro atoms. The maximum atomic E-state index is 13.6. The van der Waals surface area contributed by atoms with Crippen molar-refractivity contribution < 1.29 is 28.0 Å². The Bertz CT molecular complexity index is 2250. The number of nitro benzene ring substituents is 1. The van der Waals surface area contributed by atoms with Crippen LogP contribution in [0.25, 0.3) is 33.5 Å². The maximum Gasteiger partial charge on any atom is 0.315 e. The first-order valence-corrected chi connectivity index (χ1v) is 14.3. The van der Waals surface area contributed by atoms with Crippen molar-refractivity contribution in [2.75, 3.05) is 19.0 Å². The van der Waals surface area contributed by atoms with E-state index in [9.17, 15) is 24.1 Å². The first-order chi connectivity index (χ1) is 22.2. The maximum absolute atomic E-state index is 13.6. The highest BCUT2D eigenvalue weighted by Gasteiger charge is 2.24. The highest BCUT2D eigenvalue weighted by molar-refractivity contribution is 9.10. The van der Waals surface area contributed by atoms with E-state index in [0.29, 0.717) is 16.5 Å². The van der Waals surface area contributed by atoms with Crippen LogP contribution in [0.5, 0.6) is 11.5 Å². The molecule has 0 radical (unpaired) electrons. The number of fused-ring (bicyclic) bond motifs is 2. The third-order valence-corrected chi connectivity index (χ3v) is 7.20. The molecule has 6 aromatic rings. The van der Waals surface area contributed by atoms with Gasteiger partial charge < -0.3 is 19.2 Å². The number of furan rings is 1. The summed E-state index contributed by atoms with van der Waals surface area (Å²) in [4.78, 5) is 42.0. The minimum atomic E-state index is -0.707. The fourth-order valence-electron chi connectivity index (χ4n) is 4.66. The number of nitrogens with zero attached hydrogens (tertiary/aromatic N) is 4. The molecule has 0 fully saturated rings. The van der Waals surface area contributed by atoms with E-state index >= 15 is 0 Å². The number of nitro groups is 1. The summed E-state index contributed by atoms with van der Waals surface area (Å²) in [6, 6.07) is 21.7. The van der Waals surface area contributed by atoms with Gasteiger partial charge in [-0.05, 0) is 60.7 Å². The molecule has 0 unspecified atom stereocenters. The van der Waals surface area contributed by atoms with Crippen LogP contribution in [0, 0.1) is 15.9 Å². The molecular formula is C32H21BrFN5O7. The summed E-state index contributed by atoms with van der Waals surface area (Å²) in [6.45, 7) is -0.628. The number of carbonyl (C=O) groups is 1. The highest BCUT2D eigenvalue weighted by atomic mass is 79.9. The van der Waals surface area contributed by atoms with Crippen LogP contribution in [0.4, 0.5) is 15.8 Å². The van der Waals surface area contributed by atoms with Gasteiger partial charge in [-0.25, -0.2) is 9.37 Å². The van der Waals surface area contributed by atoms with Gasteiger partial charge in [0.25, 0.3) is 11.5 Å². The number of hydrogen-bond donors (Lipinski definition) is 1. The van der Waals surface area contributed by atoms with Crippen LogP contribution in [0.1, 0.15) is 5.56 Å². The summed E-state index contributed by atoms with van der Waals surface area (Å²) in [5, 5.41) is 19.9. The Balaban J connectivity index is 1.36. The fourth-order valence-corrected chi connectivity index (χ4v) is 5.03. The zero-order valence-electron chi connectivity index (χ0n) is 23.8. The number of nitrogens with one attached hydrogen (secondary N) is 1. The average molecular weight is 686 g/mol. The van der Waals surface area contributed by atoms with E-state index < -0.39 is 34.5 Å². The fraction of sp³-hybridized carbons (Fsp3) is 0.0625. The second-order valence-corrected chi connectivity index (χ2v) is 10.7. The van der Waals surface area contributed by atoms with Crippen molar-refractivity contribution in [3.05, 3.63) is 121 Å². The van der Waals surface area contributed by atoms with Crippen molar-refractivity contribution in [1.29, 1.82) is 0 Å². The molecule has 6 rings (SSSR count). The van der Waals surface area contributed by atoms with Crippen LogP contribution in [-0.2, 0) is 4.79 Å². The van der Waals surface area contributed by atoms with E-state index in [4.69, 9.17) is 13.9 Å². The smallest absolute Gasteiger partial charge is 0.315 e. The van der Waals surface area contributed by atoms with E-state index in [-0.39, 0.29) is 34.3 Å². The summed E-state index contributed by atoms with van der Waals surface area (Å²) >= 11 is 3.44. The number of carbonyl (C=O) groups excluding carboxylic acids is 1. The summed E-state index contributed by atoms with van der Waals surface area (Å²) in [7, 11) is 1.27. The molecule has 0 aliphatic carbocycles. The predicted molar refractivity (Wildman–Crippen MR) is 172 cm³/mol. The third-order valence-electron chi connectivity index (χ3n) is 6.70. The zero-order valence-corrected chi connectivity index (χ0v) is 25.4. The van der Waals surface area contributed by atoms with Crippen LogP contribution in [0.2, 0.25) is 0 Å². The Kier molecular flexibility index (Phi) is 8.27. The molecule has 1 N–H and O–H groups in total. The quantitative estimate of drug-likeness (QED) is 0.103. The van der Waals surface area contributed by atoms with Crippen molar-refractivity contribution in [3.63, 3.8) is 0 Å². The standard InChI is InChI=1S/C32H21BrFN5O7/c1-44-27-12-18(11-25(39(42)43)30(27)45-17-29(40)36-22-6-4-5-21(34)15-22)16-35-38-31(37-24-8-3-2-7-23(24)32(38)41)28-14-19-13-20(33)9-10-26(19)46-28/h2-16H,17H2,1H3,(H,36,40). The molecule has 2 aromatic heterocycles. The Morgan fingerprint density at radius 2 is 1.96 bits per heavy atom. The normalized spacial score (nSPS) is 11.3. The Morgan fingerprint density at radius 1 is 1.13 bits per heavy atom. The monoisotopic (exact) mass is 685 g/mol. The van der Waals surface area contributed by atoms with Gasteiger partial charge in [0.05, 0.1) is 29.2 Å². The van der Waals surface area contributed by atoms with Gasteiger partial charge in [-0.3, -0.25) is 19.7 Å². The highest BCUT2D eigenvalue weighted by Crippen LogP contribution is 2.38. The van der Waals surface area contributed by atoms with Crippen molar-refractivity contribution in [2.45, 2.75) is 0 Å². The molecule has 4 aromatic carbocycles. The first kappa shape index (κ1) is 30.1. The van der Waals surface area contributed by atoms with Crippen molar-refractivity contribution in [2.24, 2.45) is 5.10 Å². The molecule has 0 aliphatic heterocycles. The van der Waals surface area contributed by atoms with E-state index in [1.807, 2.05) is 12.1 Å². The van der Waals surface area contributed by atoms with Gasteiger partial charge in [0.15, 0.2) is 18.1 Å². The van der Waals surface area contributed by atoms with E-state index in [1.165, 1.54) is 37.6 Å². The van der Waals surface area contributed by atoms with Crippen molar-refractivity contribution >= 4 is 61.3 Å². The minimum absolute atomic E-state index is 0.0683. The SMILES string of the molecule is COc1cc(C=Nn2c(-c3cc4cc(Br)ccc4o3)nc3ccccc3c2=O)cc([N+](=O)[O-])c1OCC(=O)Nc1cccc(F)c1. The Labute approximate surface area is 267 Å². The molecule has 230 valence electrons. The average Bonchev–Trinajstić information content (AvgIpc) is 3.46. The number of rotatable bonds is 9. The van der Waals surface area contributed by atoms with Crippen LogP contribution in [0.15, 0.2) is 104 Å². The van der Waals surface area contributed by atoms with Gasteiger partial charge >= 0.3 is 5.69 Å². The van der Waals surface area contributed by atoms with Crippen LogP contribution in [-0.4, -0.2) is 40.4 Å². The van der Waals surface area contributed by atoms with Crippen LogP contribution >= 0.6 is 15.9 Å². The van der Waals surface area contributed by atoms with Crippen molar-refractivity contribution in [1.82, 2.24) is 9.66 Å². The third kappa shape index (κ3) is 6.19. The van der Waals surface area contributed by atoms with Gasteiger partial charge in [0.1, 0.15) is 11.4 Å². The predicted octanol–water partition coefficient (Wildman–Crippen LogP) is 6.53. The minimum Gasteiger partial charge on any atom is -0.493 e. The Morgan fingerprint density at radius 3 is 2.74 bits per heavy atom. The number of benzene rings is 4. The number of hydrogen-bond acceptors (Lipinski definition) is 9. The molecule has 0 aliphatic rings. The van der Waals surface area contributed by atoms with Gasteiger partial charge in [0.2, 0.25) is 11.6 Å². The van der Waals surface area contributed by atoms with E-state index in [1.54, 1.807) is 36.4 Å². The second kappa shape index (κ2) is 12.6. The summed E-state index contributed by atoms with van der Waals surface area (Å²) in [5.74, 6) is -1.22. The lowest BCUT2D eigenvalue weighted by molar-refractivity contribution is -0.385. The molecule has 1 amide bonds. The molecule has 0 saturated carbocycles. The number of halogens is 2. The van der Waals surface area contributed by atoms with Crippen LogP contribution in [0.3, 0.4) is 0 Å². The summed E-state index contributed by atoms with van der Waals surface area (Å²) < 4.78 is 32.2. The molecule has 0 bridgehead atoms. The number of amides is 1. The van der Waals surface area contributed by atoms with Crippen molar-refractivity contribution in [3.8, 4) is 23.1 Å². The number of methoxy groups -OCH3 is 1. The topological polar surface area (TPSA) is 151 Å². The van der Waals surface area contributed by atoms with E-state index in [0.717, 1.165) is 26.7 Å². The van der Waals surface area contributed by atoms with Gasteiger partial charge in [-0.1, -0.05) is 34.1 Å². The summed E-state index contributed by atoms with van der Waals surface area (Å²) in [6.07, 6.45) is 1.23.